The Morgan fingerprint density at radius 2 is 1.17 bits per heavy atom. The van der Waals surface area contributed by atoms with Crippen molar-refractivity contribution in [3.63, 3.8) is 0 Å². The first-order valence-corrected chi connectivity index (χ1v) is 14.7. The summed E-state index contributed by atoms with van der Waals surface area (Å²) >= 11 is 1.88. The lowest BCUT2D eigenvalue weighted by molar-refractivity contribution is 1.21. The van der Waals surface area contributed by atoms with Gasteiger partial charge in [-0.25, -0.2) is 4.98 Å². The normalized spacial score (nSPS) is 12.4. The fourth-order valence-corrected chi connectivity index (χ4v) is 8.21. The molecule has 0 radical (unpaired) electrons. The number of rotatable bonds is 1. The number of pyridine rings is 1. The van der Waals surface area contributed by atoms with Gasteiger partial charge in [-0.2, -0.15) is 0 Å². The predicted octanol–water partition coefficient (Wildman–Crippen LogP) is 10.3. The minimum Gasteiger partial charge on any atom is -0.307 e. The highest BCUT2D eigenvalue weighted by atomic mass is 32.1. The Hall–Kier alpha value is -5.19. The van der Waals surface area contributed by atoms with Crippen molar-refractivity contribution in [1.82, 2.24) is 14.0 Å². The quantitative estimate of drug-likeness (QED) is 0.190. The second kappa shape index (κ2) is 7.72. The summed E-state index contributed by atoms with van der Waals surface area (Å²) in [6, 6.07) is 46.2. The molecule has 41 heavy (non-hydrogen) atoms. The molecule has 0 amide bonds. The third-order valence-electron chi connectivity index (χ3n) is 8.68. The van der Waals surface area contributed by atoms with Crippen LogP contribution in [0.15, 0.2) is 127 Å². The van der Waals surface area contributed by atoms with E-state index in [9.17, 15) is 0 Å². The number of hydrogen-bond acceptors (Lipinski definition) is 2. The zero-order chi connectivity index (χ0) is 26.7. The molecule has 0 N–H and O–H groups in total. The third-order valence-corrected chi connectivity index (χ3v) is 9.89. The molecule has 0 aliphatic carbocycles. The molecule has 4 heterocycles. The number of hydrogen-bond donors (Lipinski definition) is 0. The molecule has 0 atom stereocenters. The van der Waals surface area contributed by atoms with Crippen molar-refractivity contribution < 1.29 is 0 Å². The van der Waals surface area contributed by atoms with Crippen LogP contribution in [0.3, 0.4) is 0 Å². The number of fused-ring (bicyclic) bond motifs is 15. The van der Waals surface area contributed by atoms with Crippen molar-refractivity contribution in [2.24, 2.45) is 0 Å². The zero-order valence-electron chi connectivity index (χ0n) is 21.9. The third kappa shape index (κ3) is 2.70. The van der Waals surface area contributed by atoms with Crippen molar-refractivity contribution in [2.75, 3.05) is 0 Å². The molecule has 0 aliphatic rings. The largest absolute Gasteiger partial charge is 0.307 e. The number of para-hydroxylation sites is 4. The molecular weight excluding hydrogens is 518 g/mol. The van der Waals surface area contributed by atoms with E-state index in [0.717, 1.165) is 16.7 Å². The van der Waals surface area contributed by atoms with E-state index >= 15 is 0 Å². The van der Waals surface area contributed by atoms with Crippen LogP contribution in [0.5, 0.6) is 0 Å². The van der Waals surface area contributed by atoms with Gasteiger partial charge < -0.3 is 4.57 Å². The van der Waals surface area contributed by atoms with Gasteiger partial charge in [-0.1, -0.05) is 84.9 Å². The van der Waals surface area contributed by atoms with Crippen LogP contribution in [0, 0.1) is 0 Å². The number of nitrogens with zero attached hydrogens (tertiary/aromatic N) is 3. The average Bonchev–Trinajstić information content (AvgIpc) is 3.71. The van der Waals surface area contributed by atoms with Crippen LogP contribution in [0.25, 0.3) is 86.0 Å². The first kappa shape index (κ1) is 21.6. The lowest BCUT2D eigenvalue weighted by atomic mass is 10.0. The minimum atomic E-state index is 0.999. The average molecular weight is 540 g/mol. The molecule has 190 valence electrons. The molecule has 4 aromatic heterocycles. The van der Waals surface area contributed by atoms with Crippen molar-refractivity contribution in [2.45, 2.75) is 0 Å². The maximum Gasteiger partial charge on any atom is 0.146 e. The first-order valence-electron chi connectivity index (χ1n) is 13.9. The Bertz CT molecular complexity index is 2700. The summed E-state index contributed by atoms with van der Waals surface area (Å²) in [5, 5.41) is 8.79. The van der Waals surface area contributed by atoms with Gasteiger partial charge in [0.25, 0.3) is 0 Å². The van der Waals surface area contributed by atoms with Gasteiger partial charge in [0, 0.05) is 42.4 Å². The lowest BCUT2D eigenvalue weighted by Crippen LogP contribution is -1.97. The second-order valence-corrected chi connectivity index (χ2v) is 11.8. The summed E-state index contributed by atoms with van der Waals surface area (Å²) < 4.78 is 7.47. The predicted molar refractivity (Wildman–Crippen MR) is 175 cm³/mol. The van der Waals surface area contributed by atoms with E-state index < -0.39 is 0 Å². The Morgan fingerprint density at radius 1 is 0.488 bits per heavy atom. The molecule has 0 saturated carbocycles. The van der Waals surface area contributed by atoms with Gasteiger partial charge in [0.1, 0.15) is 5.65 Å². The minimum absolute atomic E-state index is 0.999. The molecule has 0 unspecified atom stereocenters. The van der Waals surface area contributed by atoms with Crippen molar-refractivity contribution in [1.29, 1.82) is 0 Å². The van der Waals surface area contributed by atoms with Crippen molar-refractivity contribution >= 4 is 91.7 Å². The molecule has 0 bridgehead atoms. The Kier molecular flexibility index (Phi) is 4.07. The molecule has 4 heteroatoms. The molecule has 10 aromatic rings. The van der Waals surface area contributed by atoms with Crippen LogP contribution in [0.4, 0.5) is 0 Å². The highest BCUT2D eigenvalue weighted by Crippen LogP contribution is 2.44. The lowest BCUT2D eigenvalue weighted by Gasteiger charge is -2.14. The molecule has 3 nitrogen and oxygen atoms in total. The maximum absolute atomic E-state index is 5.19. The van der Waals surface area contributed by atoms with Gasteiger partial charge in [0.05, 0.1) is 38.0 Å². The standard InChI is InChI=1S/C37H21N3S/c1-5-15-29-22(10-1)24-20-21-27-34(26-12-2-6-16-30(26)40-31-17-7-4-14-28(31)38-37(27)40)35(24)39(29)32-18-9-13-25-23-11-3-8-19-33(23)41-36(25)32/h1-21H. The summed E-state index contributed by atoms with van der Waals surface area (Å²) in [5.74, 6) is 0. The Balaban J connectivity index is 1.50. The number of thiophene rings is 1. The summed E-state index contributed by atoms with van der Waals surface area (Å²) in [6.45, 7) is 0. The van der Waals surface area contributed by atoms with Gasteiger partial charge in [0.2, 0.25) is 0 Å². The van der Waals surface area contributed by atoms with E-state index in [2.05, 4.69) is 136 Å². The van der Waals surface area contributed by atoms with Crippen LogP contribution < -0.4 is 0 Å². The molecule has 0 spiro atoms. The van der Waals surface area contributed by atoms with Crippen molar-refractivity contribution in [3.8, 4) is 5.69 Å². The highest BCUT2D eigenvalue weighted by Gasteiger charge is 2.21. The second-order valence-electron chi connectivity index (χ2n) is 10.8. The molecule has 10 rings (SSSR count). The highest BCUT2D eigenvalue weighted by molar-refractivity contribution is 7.26. The maximum atomic E-state index is 5.19. The summed E-state index contributed by atoms with van der Waals surface area (Å²) in [7, 11) is 0. The van der Waals surface area contributed by atoms with Crippen LogP contribution in [-0.4, -0.2) is 14.0 Å². The molecular formula is C37H21N3S. The van der Waals surface area contributed by atoms with Crippen LogP contribution in [-0.2, 0) is 0 Å². The van der Waals surface area contributed by atoms with E-state index in [1.165, 1.54) is 69.3 Å². The summed E-state index contributed by atoms with van der Waals surface area (Å²) in [6.07, 6.45) is 0. The SMILES string of the molecule is c1ccc2c(c1)nc1c3ccc4c5ccccc5n(-c5cccc6c5sc5ccccc56)c4c3c3ccccc3n21. The Morgan fingerprint density at radius 3 is 2.07 bits per heavy atom. The van der Waals surface area contributed by atoms with E-state index in [1.54, 1.807) is 0 Å². The van der Waals surface area contributed by atoms with Crippen LogP contribution >= 0.6 is 11.3 Å². The van der Waals surface area contributed by atoms with E-state index in [4.69, 9.17) is 4.98 Å². The smallest absolute Gasteiger partial charge is 0.146 e. The number of benzene rings is 6. The van der Waals surface area contributed by atoms with Gasteiger partial charge in [-0.05, 0) is 42.5 Å². The van der Waals surface area contributed by atoms with Crippen LogP contribution in [0.2, 0.25) is 0 Å². The molecule has 0 fully saturated rings. The Labute approximate surface area is 238 Å². The van der Waals surface area contributed by atoms with Gasteiger partial charge in [-0.3, -0.25) is 4.40 Å². The van der Waals surface area contributed by atoms with E-state index in [0.29, 0.717) is 0 Å². The summed E-state index contributed by atoms with van der Waals surface area (Å²) in [5.41, 5.74) is 8.00. The topological polar surface area (TPSA) is 22.2 Å². The van der Waals surface area contributed by atoms with Crippen LogP contribution in [0.1, 0.15) is 0 Å². The molecule has 6 aromatic carbocycles. The zero-order valence-corrected chi connectivity index (χ0v) is 22.7. The van der Waals surface area contributed by atoms with Crippen molar-refractivity contribution in [3.05, 3.63) is 127 Å². The molecule has 0 saturated heterocycles. The number of imidazole rings is 1. The fourth-order valence-electron chi connectivity index (χ4n) is 7.01. The van der Waals surface area contributed by atoms with Gasteiger partial charge in [0.15, 0.2) is 0 Å². The molecule has 0 aliphatic heterocycles. The fraction of sp³-hybridized carbons (Fsp3) is 0. The van der Waals surface area contributed by atoms with E-state index in [1.807, 2.05) is 11.3 Å². The first-order chi connectivity index (χ1) is 20.4. The number of aromatic nitrogens is 3. The van der Waals surface area contributed by atoms with Gasteiger partial charge >= 0.3 is 0 Å². The van der Waals surface area contributed by atoms with Gasteiger partial charge in [-0.15, -0.1) is 11.3 Å². The summed E-state index contributed by atoms with van der Waals surface area (Å²) in [4.78, 5) is 5.19. The van der Waals surface area contributed by atoms with E-state index in [-0.39, 0.29) is 0 Å². The monoisotopic (exact) mass is 539 g/mol.